The van der Waals surface area contributed by atoms with Gasteiger partial charge in [-0.2, -0.15) is 0 Å². The highest BCUT2D eigenvalue weighted by molar-refractivity contribution is 5.95. The molecule has 1 amide bonds. The number of methoxy groups -OCH3 is 3. The molecule has 6 nitrogen and oxygen atoms in total. The summed E-state index contributed by atoms with van der Waals surface area (Å²) in [4.78, 5) is 16.9. The normalized spacial score (nSPS) is 14.1. The van der Waals surface area contributed by atoms with Crippen LogP contribution in [0.5, 0.6) is 17.2 Å². The van der Waals surface area contributed by atoms with E-state index in [4.69, 9.17) is 14.2 Å². The summed E-state index contributed by atoms with van der Waals surface area (Å²) in [6, 6.07) is 13.3. The minimum atomic E-state index is 0.0104. The van der Waals surface area contributed by atoms with E-state index in [0.717, 1.165) is 24.5 Å². The molecule has 2 aromatic carbocycles. The van der Waals surface area contributed by atoms with Gasteiger partial charge in [0.25, 0.3) is 5.91 Å². The number of piperazine rings is 1. The fourth-order valence-electron chi connectivity index (χ4n) is 3.13. The lowest BCUT2D eigenvalue weighted by Crippen LogP contribution is -2.48. The van der Waals surface area contributed by atoms with Crippen LogP contribution >= 0.6 is 0 Å². The summed E-state index contributed by atoms with van der Waals surface area (Å²) in [6.07, 6.45) is 0. The van der Waals surface area contributed by atoms with E-state index in [1.165, 1.54) is 0 Å². The standard InChI is InChI=1S/C20H24N2O4/c1-24-17-6-4-5-16(14-17)21-9-11-22(12-10-21)20(23)15-7-8-18(25-2)19(13-15)26-3/h4-8,13-14H,9-12H2,1-3H3. The predicted octanol–water partition coefficient (Wildman–Crippen LogP) is 2.67. The van der Waals surface area contributed by atoms with Crippen LogP contribution in [0.3, 0.4) is 0 Å². The number of benzene rings is 2. The molecule has 0 N–H and O–H groups in total. The van der Waals surface area contributed by atoms with Crippen LogP contribution in [0.4, 0.5) is 5.69 Å². The summed E-state index contributed by atoms with van der Waals surface area (Å²) < 4.78 is 15.8. The monoisotopic (exact) mass is 356 g/mol. The first-order chi connectivity index (χ1) is 12.7. The molecule has 0 spiro atoms. The highest BCUT2D eigenvalue weighted by atomic mass is 16.5. The van der Waals surface area contributed by atoms with E-state index in [1.807, 2.05) is 23.1 Å². The first-order valence-electron chi connectivity index (χ1n) is 8.56. The van der Waals surface area contributed by atoms with Gasteiger partial charge in [-0.25, -0.2) is 0 Å². The van der Waals surface area contributed by atoms with Crippen LogP contribution in [-0.4, -0.2) is 58.3 Å². The van der Waals surface area contributed by atoms with E-state index in [0.29, 0.717) is 30.2 Å². The molecular formula is C20H24N2O4. The van der Waals surface area contributed by atoms with Crippen LogP contribution in [-0.2, 0) is 0 Å². The van der Waals surface area contributed by atoms with Gasteiger partial charge < -0.3 is 24.0 Å². The van der Waals surface area contributed by atoms with Gasteiger partial charge in [-0.3, -0.25) is 4.79 Å². The number of anilines is 1. The van der Waals surface area contributed by atoms with E-state index in [9.17, 15) is 4.79 Å². The zero-order valence-electron chi connectivity index (χ0n) is 15.4. The minimum Gasteiger partial charge on any atom is -0.497 e. The Morgan fingerprint density at radius 3 is 2.23 bits per heavy atom. The third-order valence-corrected chi connectivity index (χ3v) is 4.62. The van der Waals surface area contributed by atoms with E-state index in [2.05, 4.69) is 11.0 Å². The molecule has 1 saturated heterocycles. The van der Waals surface area contributed by atoms with Crippen molar-refractivity contribution in [1.82, 2.24) is 4.90 Å². The Balaban J connectivity index is 1.66. The smallest absolute Gasteiger partial charge is 0.254 e. The number of amides is 1. The average molecular weight is 356 g/mol. The van der Waals surface area contributed by atoms with Crippen molar-refractivity contribution in [3.8, 4) is 17.2 Å². The van der Waals surface area contributed by atoms with Crippen molar-refractivity contribution in [3.63, 3.8) is 0 Å². The second kappa shape index (κ2) is 7.99. The third-order valence-electron chi connectivity index (χ3n) is 4.62. The molecule has 1 fully saturated rings. The highest BCUT2D eigenvalue weighted by Gasteiger charge is 2.23. The molecule has 1 heterocycles. The minimum absolute atomic E-state index is 0.0104. The average Bonchev–Trinajstić information content (AvgIpc) is 2.72. The SMILES string of the molecule is COc1cccc(N2CCN(C(=O)c3ccc(OC)c(OC)c3)CC2)c1. The summed E-state index contributed by atoms with van der Waals surface area (Å²) in [6.45, 7) is 2.91. The Morgan fingerprint density at radius 2 is 1.58 bits per heavy atom. The first kappa shape index (κ1) is 17.9. The zero-order valence-corrected chi connectivity index (χ0v) is 15.4. The quantitative estimate of drug-likeness (QED) is 0.824. The molecule has 0 aromatic heterocycles. The second-order valence-corrected chi connectivity index (χ2v) is 6.05. The lowest BCUT2D eigenvalue weighted by Gasteiger charge is -2.36. The molecule has 6 heteroatoms. The van der Waals surface area contributed by atoms with Gasteiger partial charge in [0.05, 0.1) is 21.3 Å². The highest BCUT2D eigenvalue weighted by Crippen LogP contribution is 2.28. The van der Waals surface area contributed by atoms with Crippen LogP contribution in [0, 0.1) is 0 Å². The maximum absolute atomic E-state index is 12.8. The van der Waals surface area contributed by atoms with Gasteiger partial charge in [0, 0.05) is 43.5 Å². The van der Waals surface area contributed by atoms with E-state index < -0.39 is 0 Å². The molecule has 1 aliphatic heterocycles. The molecule has 0 saturated carbocycles. The van der Waals surface area contributed by atoms with Crippen LogP contribution in [0.2, 0.25) is 0 Å². The van der Waals surface area contributed by atoms with Gasteiger partial charge in [-0.15, -0.1) is 0 Å². The number of hydrogen-bond acceptors (Lipinski definition) is 5. The van der Waals surface area contributed by atoms with Crippen LogP contribution in [0.25, 0.3) is 0 Å². The molecule has 0 bridgehead atoms. The van der Waals surface area contributed by atoms with Crippen molar-refractivity contribution in [2.45, 2.75) is 0 Å². The van der Waals surface area contributed by atoms with E-state index in [1.54, 1.807) is 39.5 Å². The maximum Gasteiger partial charge on any atom is 0.254 e. The summed E-state index contributed by atoms with van der Waals surface area (Å²) >= 11 is 0. The van der Waals surface area contributed by atoms with Gasteiger partial charge >= 0.3 is 0 Å². The number of carbonyl (C=O) groups is 1. The van der Waals surface area contributed by atoms with Crippen LogP contribution in [0.15, 0.2) is 42.5 Å². The molecule has 3 rings (SSSR count). The van der Waals surface area contributed by atoms with E-state index in [-0.39, 0.29) is 5.91 Å². The van der Waals surface area contributed by atoms with Gasteiger partial charge in [0.15, 0.2) is 11.5 Å². The molecule has 0 aliphatic carbocycles. The lowest BCUT2D eigenvalue weighted by atomic mass is 10.1. The molecule has 2 aromatic rings. The van der Waals surface area contributed by atoms with Crippen LogP contribution in [0.1, 0.15) is 10.4 Å². The summed E-state index contributed by atoms with van der Waals surface area (Å²) in [5.41, 5.74) is 1.72. The van der Waals surface area contributed by atoms with Gasteiger partial charge in [-0.1, -0.05) is 6.07 Å². The van der Waals surface area contributed by atoms with E-state index >= 15 is 0 Å². The predicted molar refractivity (Wildman–Crippen MR) is 101 cm³/mol. The van der Waals surface area contributed by atoms with Gasteiger partial charge in [0.2, 0.25) is 0 Å². The van der Waals surface area contributed by atoms with Crippen molar-refractivity contribution >= 4 is 11.6 Å². The summed E-state index contributed by atoms with van der Waals surface area (Å²) in [5, 5.41) is 0. The van der Waals surface area contributed by atoms with Crippen LogP contribution < -0.4 is 19.1 Å². The maximum atomic E-state index is 12.8. The topological polar surface area (TPSA) is 51.2 Å². The van der Waals surface area contributed by atoms with Crippen molar-refractivity contribution in [2.75, 3.05) is 52.4 Å². The number of ether oxygens (including phenoxy) is 3. The van der Waals surface area contributed by atoms with Crippen molar-refractivity contribution < 1.29 is 19.0 Å². The Kier molecular flexibility index (Phi) is 5.51. The lowest BCUT2D eigenvalue weighted by molar-refractivity contribution is 0.0746. The molecule has 0 unspecified atom stereocenters. The second-order valence-electron chi connectivity index (χ2n) is 6.05. The molecular weight excluding hydrogens is 332 g/mol. The van der Waals surface area contributed by atoms with Gasteiger partial charge in [-0.05, 0) is 30.3 Å². The largest absolute Gasteiger partial charge is 0.497 e. The molecule has 0 atom stereocenters. The number of carbonyl (C=O) groups excluding carboxylic acids is 1. The summed E-state index contributed by atoms with van der Waals surface area (Å²) in [7, 11) is 4.81. The Hall–Kier alpha value is -2.89. The van der Waals surface area contributed by atoms with Crippen molar-refractivity contribution in [2.24, 2.45) is 0 Å². The van der Waals surface area contributed by atoms with Crippen molar-refractivity contribution in [3.05, 3.63) is 48.0 Å². The Bertz CT molecular complexity index is 770. The fraction of sp³-hybridized carbons (Fsp3) is 0.350. The number of nitrogens with zero attached hydrogens (tertiary/aromatic N) is 2. The molecule has 1 aliphatic rings. The zero-order chi connectivity index (χ0) is 18.5. The van der Waals surface area contributed by atoms with Crippen molar-refractivity contribution in [1.29, 1.82) is 0 Å². The first-order valence-corrected chi connectivity index (χ1v) is 8.56. The summed E-state index contributed by atoms with van der Waals surface area (Å²) in [5.74, 6) is 2.03. The Labute approximate surface area is 153 Å². The number of hydrogen-bond donors (Lipinski definition) is 0. The molecule has 26 heavy (non-hydrogen) atoms. The third kappa shape index (κ3) is 3.69. The Morgan fingerprint density at radius 1 is 0.846 bits per heavy atom. The molecule has 138 valence electrons. The number of rotatable bonds is 5. The van der Waals surface area contributed by atoms with Gasteiger partial charge in [0.1, 0.15) is 5.75 Å². The molecule has 0 radical (unpaired) electrons. The fourth-order valence-corrected chi connectivity index (χ4v) is 3.13.